The van der Waals surface area contributed by atoms with E-state index in [1.165, 1.54) is 0 Å². The molecule has 1 aromatic carbocycles. The summed E-state index contributed by atoms with van der Waals surface area (Å²) < 4.78 is 11.2. The highest BCUT2D eigenvalue weighted by Crippen LogP contribution is 2.48. The zero-order valence-corrected chi connectivity index (χ0v) is 18.7. The fourth-order valence-corrected chi connectivity index (χ4v) is 4.61. The number of anilines is 1. The molecule has 1 aliphatic carbocycles. The number of ketones is 1. The number of nitrogens with one attached hydrogen (secondary N) is 2. The number of Topliss-reactive ketones (excluding diaryl/α,β-unsaturated/α-hetero) is 1. The lowest BCUT2D eigenvalue weighted by atomic mass is 9.72. The van der Waals surface area contributed by atoms with Crippen LogP contribution in [0.15, 0.2) is 65.1 Å². The summed E-state index contributed by atoms with van der Waals surface area (Å²) in [6, 6.07) is 10.8. The number of pyridine rings is 1. The Kier molecular flexibility index (Phi) is 5.99. The van der Waals surface area contributed by atoms with Crippen molar-refractivity contribution in [2.24, 2.45) is 5.92 Å². The zero-order valence-electron chi connectivity index (χ0n) is 18.7. The lowest BCUT2D eigenvalue weighted by Gasteiger charge is -2.36. The molecule has 2 N–H and O–H groups in total. The number of rotatable bonds is 5. The molecule has 166 valence electrons. The Hall–Kier alpha value is -3.61. The number of carbonyl (C=O) groups excluding carboxylic acids is 2. The fraction of sp³-hybridized carbons (Fsp3) is 0.320. The third-order valence-electron chi connectivity index (χ3n) is 5.93. The molecule has 0 saturated heterocycles. The number of hydrogen-bond acceptors (Lipinski definition) is 6. The van der Waals surface area contributed by atoms with E-state index in [2.05, 4.69) is 22.5 Å². The quantitative estimate of drug-likeness (QED) is 0.742. The van der Waals surface area contributed by atoms with E-state index in [9.17, 15) is 9.59 Å². The second kappa shape index (κ2) is 8.86. The highest BCUT2D eigenvalue weighted by Gasteiger charge is 2.41. The molecule has 7 nitrogen and oxygen atoms in total. The number of amides is 1. The zero-order chi connectivity index (χ0) is 22.8. The number of dihydropyridines is 1. The van der Waals surface area contributed by atoms with Gasteiger partial charge in [0.2, 0.25) is 0 Å². The SMILES string of the molecule is COc1cccc([C@@H]2C(C(=O)Nc3ccccn3)=C(C)NC3=C2C(=O)C[C@H](C)C3)c1OC. The van der Waals surface area contributed by atoms with Crippen molar-refractivity contribution in [2.75, 3.05) is 19.5 Å². The minimum atomic E-state index is -0.583. The number of benzene rings is 1. The number of methoxy groups -OCH3 is 2. The van der Waals surface area contributed by atoms with Crippen LogP contribution in [0.4, 0.5) is 5.82 Å². The molecule has 1 aromatic heterocycles. The van der Waals surface area contributed by atoms with Gasteiger partial charge >= 0.3 is 0 Å². The molecule has 1 aliphatic heterocycles. The first-order valence-corrected chi connectivity index (χ1v) is 10.6. The van der Waals surface area contributed by atoms with E-state index >= 15 is 0 Å². The number of aromatic nitrogens is 1. The van der Waals surface area contributed by atoms with Crippen molar-refractivity contribution >= 4 is 17.5 Å². The van der Waals surface area contributed by atoms with Crippen LogP contribution in [0.25, 0.3) is 0 Å². The molecule has 32 heavy (non-hydrogen) atoms. The first-order chi connectivity index (χ1) is 15.4. The van der Waals surface area contributed by atoms with Crippen LogP contribution in [0.3, 0.4) is 0 Å². The average molecular weight is 434 g/mol. The number of ether oxygens (including phenoxy) is 2. The molecule has 2 atom stereocenters. The first-order valence-electron chi connectivity index (χ1n) is 10.6. The van der Waals surface area contributed by atoms with Gasteiger partial charge in [-0.15, -0.1) is 0 Å². The second-order valence-electron chi connectivity index (χ2n) is 8.18. The predicted octanol–water partition coefficient (Wildman–Crippen LogP) is 3.95. The third-order valence-corrected chi connectivity index (χ3v) is 5.93. The lowest BCUT2D eigenvalue weighted by Crippen LogP contribution is -2.37. The van der Waals surface area contributed by atoms with Gasteiger partial charge in [-0.3, -0.25) is 9.59 Å². The van der Waals surface area contributed by atoms with Gasteiger partial charge < -0.3 is 20.1 Å². The van der Waals surface area contributed by atoms with Crippen molar-refractivity contribution in [3.63, 3.8) is 0 Å². The van der Waals surface area contributed by atoms with Gasteiger partial charge in [-0.1, -0.05) is 25.1 Å². The Labute approximate surface area is 187 Å². The summed E-state index contributed by atoms with van der Waals surface area (Å²) in [4.78, 5) is 31.0. The Morgan fingerprint density at radius 1 is 1.12 bits per heavy atom. The average Bonchev–Trinajstić information content (AvgIpc) is 2.77. The number of carbonyl (C=O) groups is 2. The van der Waals surface area contributed by atoms with Gasteiger partial charge in [-0.05, 0) is 37.5 Å². The molecule has 0 spiro atoms. The van der Waals surface area contributed by atoms with Crippen LogP contribution >= 0.6 is 0 Å². The summed E-state index contributed by atoms with van der Waals surface area (Å²) >= 11 is 0. The van der Waals surface area contributed by atoms with Crippen molar-refractivity contribution in [1.29, 1.82) is 0 Å². The maximum absolute atomic E-state index is 13.5. The molecule has 1 amide bonds. The number of allylic oxidation sites excluding steroid dienone is 3. The Morgan fingerprint density at radius 2 is 1.94 bits per heavy atom. The van der Waals surface area contributed by atoms with E-state index in [0.717, 1.165) is 12.1 Å². The molecular weight excluding hydrogens is 406 g/mol. The number of hydrogen-bond donors (Lipinski definition) is 2. The van der Waals surface area contributed by atoms with E-state index in [0.29, 0.717) is 46.1 Å². The van der Waals surface area contributed by atoms with Crippen LogP contribution in [-0.4, -0.2) is 30.9 Å². The predicted molar refractivity (Wildman–Crippen MR) is 121 cm³/mol. The monoisotopic (exact) mass is 433 g/mol. The first kappa shape index (κ1) is 21.6. The van der Waals surface area contributed by atoms with Crippen molar-refractivity contribution in [3.8, 4) is 11.5 Å². The molecule has 0 fully saturated rings. The van der Waals surface area contributed by atoms with Crippen LogP contribution in [0.2, 0.25) is 0 Å². The summed E-state index contributed by atoms with van der Waals surface area (Å²) in [6.45, 7) is 3.92. The molecule has 0 saturated carbocycles. The topological polar surface area (TPSA) is 89.5 Å². The third kappa shape index (κ3) is 3.86. The molecule has 4 rings (SSSR count). The molecular formula is C25H27N3O4. The Bertz CT molecular complexity index is 1120. The normalized spacial score (nSPS) is 20.4. The fourth-order valence-electron chi connectivity index (χ4n) is 4.61. The summed E-state index contributed by atoms with van der Waals surface area (Å²) in [7, 11) is 3.13. The smallest absolute Gasteiger partial charge is 0.255 e. The van der Waals surface area contributed by atoms with Crippen molar-refractivity contribution in [2.45, 2.75) is 32.6 Å². The molecule has 0 unspecified atom stereocenters. The maximum atomic E-state index is 13.5. The van der Waals surface area contributed by atoms with Crippen LogP contribution < -0.4 is 20.1 Å². The summed E-state index contributed by atoms with van der Waals surface area (Å²) in [5, 5.41) is 6.22. The van der Waals surface area contributed by atoms with Gasteiger partial charge in [0.15, 0.2) is 17.3 Å². The largest absolute Gasteiger partial charge is 0.493 e. The van der Waals surface area contributed by atoms with Gasteiger partial charge in [0.1, 0.15) is 5.82 Å². The summed E-state index contributed by atoms with van der Waals surface area (Å²) in [6.07, 6.45) is 2.80. The van der Waals surface area contributed by atoms with Crippen LogP contribution in [0.1, 0.15) is 38.2 Å². The van der Waals surface area contributed by atoms with Crippen LogP contribution in [-0.2, 0) is 9.59 Å². The van der Waals surface area contributed by atoms with E-state index in [4.69, 9.17) is 9.47 Å². The summed E-state index contributed by atoms with van der Waals surface area (Å²) in [5.74, 6) is 0.870. The minimum absolute atomic E-state index is 0.0387. The molecule has 0 bridgehead atoms. The molecule has 2 heterocycles. The Balaban J connectivity index is 1.88. The molecule has 7 heteroatoms. The van der Waals surface area contributed by atoms with Gasteiger partial charge in [0.05, 0.1) is 20.1 Å². The number of para-hydroxylation sites is 1. The highest BCUT2D eigenvalue weighted by molar-refractivity contribution is 6.09. The lowest BCUT2D eigenvalue weighted by molar-refractivity contribution is -0.117. The van der Waals surface area contributed by atoms with Gasteiger partial charge in [-0.25, -0.2) is 4.98 Å². The molecule has 0 radical (unpaired) electrons. The minimum Gasteiger partial charge on any atom is -0.493 e. The van der Waals surface area contributed by atoms with Crippen molar-refractivity contribution in [3.05, 3.63) is 70.7 Å². The van der Waals surface area contributed by atoms with Gasteiger partial charge in [0, 0.05) is 40.7 Å². The van der Waals surface area contributed by atoms with E-state index < -0.39 is 5.92 Å². The number of nitrogens with zero attached hydrogens (tertiary/aromatic N) is 1. The molecule has 2 aromatic rings. The van der Waals surface area contributed by atoms with E-state index in [1.807, 2.05) is 19.1 Å². The van der Waals surface area contributed by atoms with Crippen molar-refractivity contribution < 1.29 is 19.1 Å². The van der Waals surface area contributed by atoms with E-state index in [-0.39, 0.29) is 17.6 Å². The highest BCUT2D eigenvalue weighted by atomic mass is 16.5. The molecule has 2 aliphatic rings. The van der Waals surface area contributed by atoms with Crippen LogP contribution in [0, 0.1) is 5.92 Å². The second-order valence-corrected chi connectivity index (χ2v) is 8.18. The summed E-state index contributed by atoms with van der Waals surface area (Å²) in [5.41, 5.74) is 3.37. The van der Waals surface area contributed by atoms with Crippen LogP contribution in [0.5, 0.6) is 11.5 Å². The van der Waals surface area contributed by atoms with Crippen molar-refractivity contribution in [1.82, 2.24) is 10.3 Å². The van der Waals surface area contributed by atoms with Gasteiger partial charge in [0.25, 0.3) is 5.91 Å². The maximum Gasteiger partial charge on any atom is 0.255 e. The standard InChI is InChI=1S/C25H27N3O4/c1-14-12-17-23(18(29)13-14)22(16-8-7-9-19(31-3)24(16)32-4)21(15(2)27-17)25(30)28-20-10-5-6-11-26-20/h5-11,14,22,27H,12-13H2,1-4H3,(H,26,28,30)/t14-,22-/m1/s1. The van der Waals surface area contributed by atoms with E-state index in [1.54, 1.807) is 44.7 Å². The Morgan fingerprint density at radius 3 is 2.62 bits per heavy atom. The van der Waals surface area contributed by atoms with Gasteiger partial charge in [-0.2, -0.15) is 0 Å².